The number of carbonyl (C=O) groups is 2. The summed E-state index contributed by atoms with van der Waals surface area (Å²) in [6.07, 6.45) is 2.27. The first-order valence-electron chi connectivity index (χ1n) is 8.88. The number of benzene rings is 1. The maximum Gasteiger partial charge on any atom is 0.238 e. The van der Waals surface area contributed by atoms with Gasteiger partial charge in [0, 0.05) is 48.5 Å². The molecule has 0 saturated carbocycles. The first kappa shape index (κ1) is 18.6. The zero-order valence-electron chi connectivity index (χ0n) is 14.4. The Morgan fingerprint density at radius 2 is 1.44 bits per heavy atom. The standard InChI is InChI=1S/C18H25IN4O2/c19-15-3-5-16(6-4-15)20-17(24)13-21-9-11-22(12-10-21)14-18(25)23-7-1-2-8-23/h3-6H,1-2,7-14H2,(H,20,24). The number of nitrogens with one attached hydrogen (secondary N) is 1. The van der Waals surface area contributed by atoms with Gasteiger partial charge in [-0.2, -0.15) is 0 Å². The van der Waals surface area contributed by atoms with E-state index in [9.17, 15) is 9.59 Å². The summed E-state index contributed by atoms with van der Waals surface area (Å²) in [7, 11) is 0. The van der Waals surface area contributed by atoms with Crippen LogP contribution in [0.2, 0.25) is 0 Å². The fraction of sp³-hybridized carbons (Fsp3) is 0.556. The fourth-order valence-electron chi connectivity index (χ4n) is 3.30. The summed E-state index contributed by atoms with van der Waals surface area (Å²) in [6, 6.07) is 7.79. The maximum absolute atomic E-state index is 12.2. The van der Waals surface area contributed by atoms with Gasteiger partial charge in [-0.05, 0) is 59.7 Å². The van der Waals surface area contributed by atoms with Crippen molar-refractivity contribution in [2.75, 3.05) is 57.7 Å². The van der Waals surface area contributed by atoms with E-state index in [1.807, 2.05) is 29.2 Å². The van der Waals surface area contributed by atoms with Crippen LogP contribution in [0.1, 0.15) is 12.8 Å². The number of likely N-dealkylation sites (tertiary alicyclic amines) is 1. The molecule has 136 valence electrons. The van der Waals surface area contributed by atoms with Crippen LogP contribution in [0, 0.1) is 3.57 Å². The van der Waals surface area contributed by atoms with E-state index < -0.39 is 0 Å². The van der Waals surface area contributed by atoms with Gasteiger partial charge in [0.05, 0.1) is 13.1 Å². The molecule has 0 aliphatic carbocycles. The number of amides is 2. The third kappa shape index (κ3) is 5.65. The maximum atomic E-state index is 12.2. The van der Waals surface area contributed by atoms with Crippen LogP contribution in [0.25, 0.3) is 0 Å². The summed E-state index contributed by atoms with van der Waals surface area (Å²) in [5.74, 6) is 0.269. The molecule has 1 aromatic carbocycles. The Hall–Kier alpha value is -1.19. The van der Waals surface area contributed by atoms with Gasteiger partial charge in [0.25, 0.3) is 0 Å². The lowest BCUT2D eigenvalue weighted by molar-refractivity contribution is -0.132. The van der Waals surface area contributed by atoms with Crippen molar-refractivity contribution >= 4 is 40.1 Å². The van der Waals surface area contributed by atoms with Crippen LogP contribution in [0.5, 0.6) is 0 Å². The fourth-order valence-corrected chi connectivity index (χ4v) is 3.66. The second-order valence-electron chi connectivity index (χ2n) is 6.70. The monoisotopic (exact) mass is 456 g/mol. The third-order valence-electron chi connectivity index (χ3n) is 4.78. The Morgan fingerprint density at radius 3 is 2.04 bits per heavy atom. The van der Waals surface area contributed by atoms with Crippen molar-refractivity contribution < 1.29 is 9.59 Å². The molecule has 2 heterocycles. The second kappa shape index (κ2) is 8.95. The highest BCUT2D eigenvalue weighted by atomic mass is 127. The molecule has 2 aliphatic rings. The molecular formula is C18H25IN4O2. The molecule has 0 radical (unpaired) electrons. The molecule has 7 heteroatoms. The number of anilines is 1. The number of nitrogens with zero attached hydrogens (tertiary/aromatic N) is 3. The van der Waals surface area contributed by atoms with Crippen LogP contribution in [-0.2, 0) is 9.59 Å². The van der Waals surface area contributed by atoms with E-state index in [0.717, 1.165) is 61.4 Å². The number of halogens is 1. The Balaban J connectivity index is 1.37. The molecule has 0 spiro atoms. The summed E-state index contributed by atoms with van der Waals surface area (Å²) in [4.78, 5) is 30.7. The van der Waals surface area contributed by atoms with E-state index in [1.165, 1.54) is 0 Å². The summed E-state index contributed by atoms with van der Waals surface area (Å²) < 4.78 is 1.15. The van der Waals surface area contributed by atoms with Gasteiger partial charge < -0.3 is 10.2 Å². The minimum Gasteiger partial charge on any atom is -0.342 e. The van der Waals surface area contributed by atoms with Crippen molar-refractivity contribution in [3.63, 3.8) is 0 Å². The highest BCUT2D eigenvalue weighted by Crippen LogP contribution is 2.12. The molecule has 25 heavy (non-hydrogen) atoms. The van der Waals surface area contributed by atoms with Gasteiger partial charge in [-0.25, -0.2) is 0 Å². The highest BCUT2D eigenvalue weighted by Gasteiger charge is 2.24. The number of piperazine rings is 1. The smallest absolute Gasteiger partial charge is 0.238 e. The lowest BCUT2D eigenvalue weighted by atomic mass is 10.3. The molecule has 2 aliphatic heterocycles. The summed E-state index contributed by atoms with van der Waals surface area (Å²) in [5, 5.41) is 2.94. The molecule has 1 N–H and O–H groups in total. The Kier molecular flexibility index (Phi) is 6.66. The van der Waals surface area contributed by atoms with E-state index in [0.29, 0.717) is 13.1 Å². The zero-order valence-corrected chi connectivity index (χ0v) is 16.6. The zero-order chi connectivity index (χ0) is 17.6. The van der Waals surface area contributed by atoms with E-state index >= 15 is 0 Å². The Labute approximate surface area is 162 Å². The Morgan fingerprint density at radius 1 is 0.880 bits per heavy atom. The van der Waals surface area contributed by atoms with Crippen molar-refractivity contribution in [3.05, 3.63) is 27.8 Å². The van der Waals surface area contributed by atoms with Crippen molar-refractivity contribution in [1.82, 2.24) is 14.7 Å². The molecule has 0 aromatic heterocycles. The largest absolute Gasteiger partial charge is 0.342 e. The van der Waals surface area contributed by atoms with Gasteiger partial charge in [0.15, 0.2) is 0 Å². The average Bonchev–Trinajstić information content (AvgIpc) is 3.13. The van der Waals surface area contributed by atoms with Crippen LogP contribution in [-0.4, -0.2) is 78.9 Å². The van der Waals surface area contributed by atoms with Crippen LogP contribution < -0.4 is 5.32 Å². The number of carbonyl (C=O) groups excluding carboxylic acids is 2. The minimum atomic E-state index is 0.0165. The highest BCUT2D eigenvalue weighted by molar-refractivity contribution is 14.1. The molecular weight excluding hydrogens is 431 g/mol. The minimum absolute atomic E-state index is 0.0165. The van der Waals surface area contributed by atoms with Gasteiger partial charge in [0.1, 0.15) is 0 Å². The summed E-state index contributed by atoms with van der Waals surface area (Å²) in [6.45, 7) is 6.09. The van der Waals surface area contributed by atoms with Crippen molar-refractivity contribution in [1.29, 1.82) is 0 Å². The van der Waals surface area contributed by atoms with Crippen molar-refractivity contribution in [2.45, 2.75) is 12.8 Å². The average molecular weight is 456 g/mol. The molecule has 6 nitrogen and oxygen atoms in total. The molecule has 2 fully saturated rings. The number of hydrogen-bond acceptors (Lipinski definition) is 4. The predicted octanol–water partition coefficient (Wildman–Crippen LogP) is 1.47. The van der Waals surface area contributed by atoms with Crippen LogP contribution in [0.15, 0.2) is 24.3 Å². The molecule has 3 rings (SSSR count). The van der Waals surface area contributed by atoms with Crippen molar-refractivity contribution in [3.8, 4) is 0 Å². The number of rotatable bonds is 5. The van der Waals surface area contributed by atoms with Crippen molar-refractivity contribution in [2.24, 2.45) is 0 Å². The first-order chi connectivity index (χ1) is 12.1. The third-order valence-corrected chi connectivity index (χ3v) is 5.50. The first-order valence-corrected chi connectivity index (χ1v) is 9.96. The number of hydrogen-bond donors (Lipinski definition) is 1. The molecule has 1 aromatic rings. The van der Waals surface area contributed by atoms with E-state index in [2.05, 4.69) is 37.7 Å². The van der Waals surface area contributed by atoms with E-state index in [1.54, 1.807) is 0 Å². The summed E-state index contributed by atoms with van der Waals surface area (Å²) in [5.41, 5.74) is 0.834. The topological polar surface area (TPSA) is 55.9 Å². The molecule has 0 unspecified atom stereocenters. The lowest BCUT2D eigenvalue weighted by Crippen LogP contribution is -2.51. The van der Waals surface area contributed by atoms with Gasteiger partial charge in [0.2, 0.25) is 11.8 Å². The van der Waals surface area contributed by atoms with Gasteiger partial charge in [-0.3, -0.25) is 19.4 Å². The van der Waals surface area contributed by atoms with Crippen LogP contribution in [0.4, 0.5) is 5.69 Å². The second-order valence-corrected chi connectivity index (χ2v) is 7.94. The van der Waals surface area contributed by atoms with Crippen LogP contribution >= 0.6 is 22.6 Å². The summed E-state index contributed by atoms with van der Waals surface area (Å²) >= 11 is 2.24. The predicted molar refractivity (Wildman–Crippen MR) is 106 cm³/mol. The van der Waals surface area contributed by atoms with Gasteiger partial charge in [-0.15, -0.1) is 0 Å². The van der Waals surface area contributed by atoms with E-state index in [4.69, 9.17) is 0 Å². The SMILES string of the molecule is O=C(CN1CCN(CC(=O)N2CCCC2)CC1)Nc1ccc(I)cc1. The van der Waals surface area contributed by atoms with Gasteiger partial charge >= 0.3 is 0 Å². The molecule has 0 atom stereocenters. The molecule has 2 saturated heterocycles. The lowest BCUT2D eigenvalue weighted by Gasteiger charge is -2.34. The normalized spacial score (nSPS) is 19.2. The Bertz CT molecular complexity index is 594. The molecule has 2 amide bonds. The quantitative estimate of drug-likeness (QED) is 0.683. The van der Waals surface area contributed by atoms with Gasteiger partial charge in [-0.1, -0.05) is 0 Å². The molecule has 0 bridgehead atoms. The van der Waals surface area contributed by atoms with Crippen LogP contribution in [0.3, 0.4) is 0 Å². The van der Waals surface area contributed by atoms with E-state index in [-0.39, 0.29) is 11.8 Å².